The maximum absolute atomic E-state index is 12.0. The van der Waals surface area contributed by atoms with Gasteiger partial charge in [-0.1, -0.05) is 18.6 Å². The molecule has 3 unspecified atom stereocenters. The molecule has 2 aliphatic carbocycles. The standard InChI is InChI=1S/C17H20ClNO/c1-17(2)12-8-9(6-7-13(12)19-16(17)20)15(18)14-10-4-3-5-11(10)14/h6-8,10-11,14-15H,3-5H2,1-2H3,(H,19,20). The lowest BCUT2D eigenvalue weighted by atomic mass is 9.84. The Balaban J connectivity index is 1.65. The highest BCUT2D eigenvalue weighted by Gasteiger charge is 2.55. The zero-order valence-corrected chi connectivity index (χ0v) is 12.7. The second kappa shape index (κ2) is 4.00. The van der Waals surface area contributed by atoms with Crippen molar-refractivity contribution in [1.82, 2.24) is 0 Å². The topological polar surface area (TPSA) is 29.1 Å². The van der Waals surface area contributed by atoms with Gasteiger partial charge in [0.1, 0.15) is 0 Å². The first-order valence-electron chi connectivity index (χ1n) is 7.60. The minimum absolute atomic E-state index is 0.0825. The monoisotopic (exact) mass is 289 g/mol. The molecule has 1 amide bonds. The molecular weight excluding hydrogens is 270 g/mol. The van der Waals surface area contributed by atoms with E-state index in [9.17, 15) is 4.79 Å². The lowest BCUT2D eigenvalue weighted by Crippen LogP contribution is -2.26. The summed E-state index contributed by atoms with van der Waals surface area (Å²) in [4.78, 5) is 12.0. The average molecular weight is 290 g/mol. The number of anilines is 1. The molecule has 0 spiro atoms. The third-order valence-electron chi connectivity index (χ3n) is 5.66. The van der Waals surface area contributed by atoms with Gasteiger partial charge in [0, 0.05) is 5.69 Å². The predicted octanol–water partition coefficient (Wildman–Crippen LogP) is 4.24. The summed E-state index contributed by atoms with van der Waals surface area (Å²) in [7, 11) is 0. The lowest BCUT2D eigenvalue weighted by Gasteiger charge is -2.18. The van der Waals surface area contributed by atoms with Crippen molar-refractivity contribution in [3.8, 4) is 0 Å². The Morgan fingerprint density at radius 2 is 2.00 bits per heavy atom. The van der Waals surface area contributed by atoms with E-state index in [2.05, 4.69) is 17.4 Å². The maximum Gasteiger partial charge on any atom is 0.234 e. The highest BCUT2D eigenvalue weighted by molar-refractivity contribution is 6.21. The van der Waals surface area contributed by atoms with E-state index >= 15 is 0 Å². The number of halogens is 1. The van der Waals surface area contributed by atoms with Gasteiger partial charge in [0.05, 0.1) is 10.8 Å². The Bertz CT molecular complexity index is 585. The quantitative estimate of drug-likeness (QED) is 0.811. The Morgan fingerprint density at radius 1 is 1.30 bits per heavy atom. The summed E-state index contributed by atoms with van der Waals surface area (Å²) in [6.07, 6.45) is 4.09. The molecular formula is C17H20ClNO. The highest BCUT2D eigenvalue weighted by atomic mass is 35.5. The van der Waals surface area contributed by atoms with Crippen LogP contribution < -0.4 is 5.32 Å². The first-order chi connectivity index (χ1) is 9.50. The minimum Gasteiger partial charge on any atom is -0.325 e. The van der Waals surface area contributed by atoms with Crippen LogP contribution >= 0.6 is 11.6 Å². The summed E-state index contributed by atoms with van der Waals surface area (Å²) in [6.45, 7) is 3.96. The SMILES string of the molecule is CC1(C)C(=O)Nc2ccc(C(Cl)C3C4CCCC43)cc21. The van der Waals surface area contributed by atoms with E-state index in [4.69, 9.17) is 11.6 Å². The van der Waals surface area contributed by atoms with E-state index in [-0.39, 0.29) is 11.3 Å². The van der Waals surface area contributed by atoms with Crippen molar-refractivity contribution in [3.63, 3.8) is 0 Å². The molecule has 20 heavy (non-hydrogen) atoms. The maximum atomic E-state index is 12.0. The molecule has 1 heterocycles. The summed E-state index contributed by atoms with van der Waals surface area (Å²) in [6, 6.07) is 6.26. The molecule has 3 atom stereocenters. The van der Waals surface area contributed by atoms with Gasteiger partial charge in [-0.2, -0.15) is 0 Å². The van der Waals surface area contributed by atoms with E-state index in [1.165, 1.54) is 24.8 Å². The Morgan fingerprint density at radius 3 is 2.70 bits per heavy atom. The van der Waals surface area contributed by atoms with Gasteiger partial charge in [0.2, 0.25) is 5.91 Å². The van der Waals surface area contributed by atoms with Crippen LogP contribution in [-0.2, 0) is 10.2 Å². The van der Waals surface area contributed by atoms with Gasteiger partial charge < -0.3 is 5.32 Å². The van der Waals surface area contributed by atoms with Gasteiger partial charge in [-0.05, 0) is 61.6 Å². The molecule has 3 heteroatoms. The second-order valence-corrected chi connectivity index (χ2v) is 7.59. The summed E-state index contributed by atoms with van der Waals surface area (Å²) in [5.41, 5.74) is 2.79. The fourth-order valence-electron chi connectivity index (χ4n) is 4.29. The number of hydrogen-bond donors (Lipinski definition) is 1. The van der Waals surface area contributed by atoms with Gasteiger partial charge in [-0.15, -0.1) is 11.6 Å². The molecule has 4 rings (SSSR count). The van der Waals surface area contributed by atoms with Crippen LogP contribution in [0.3, 0.4) is 0 Å². The number of fused-ring (bicyclic) bond motifs is 2. The molecule has 2 fully saturated rings. The van der Waals surface area contributed by atoms with E-state index in [1.54, 1.807) is 0 Å². The van der Waals surface area contributed by atoms with E-state index in [1.807, 2.05) is 19.9 Å². The largest absolute Gasteiger partial charge is 0.325 e. The average Bonchev–Trinajstić information content (AvgIpc) is 2.79. The van der Waals surface area contributed by atoms with Crippen molar-refractivity contribution in [2.24, 2.45) is 17.8 Å². The third kappa shape index (κ3) is 1.60. The number of carbonyl (C=O) groups excluding carboxylic acids is 1. The molecule has 2 saturated carbocycles. The number of hydrogen-bond acceptors (Lipinski definition) is 1. The van der Waals surface area contributed by atoms with Gasteiger partial charge in [0.15, 0.2) is 0 Å². The lowest BCUT2D eigenvalue weighted by molar-refractivity contribution is -0.119. The summed E-state index contributed by atoms with van der Waals surface area (Å²) in [5, 5.41) is 3.07. The van der Waals surface area contributed by atoms with Crippen molar-refractivity contribution < 1.29 is 4.79 Å². The molecule has 2 nitrogen and oxygen atoms in total. The number of benzene rings is 1. The number of nitrogens with one attached hydrogen (secondary N) is 1. The summed E-state index contributed by atoms with van der Waals surface area (Å²) >= 11 is 6.73. The molecule has 0 aromatic heterocycles. The molecule has 3 aliphatic rings. The number of alkyl halides is 1. The smallest absolute Gasteiger partial charge is 0.234 e. The zero-order chi connectivity index (χ0) is 14.1. The van der Waals surface area contributed by atoms with Crippen LogP contribution in [0.5, 0.6) is 0 Å². The predicted molar refractivity (Wildman–Crippen MR) is 81.0 cm³/mol. The van der Waals surface area contributed by atoms with E-state index in [0.717, 1.165) is 23.1 Å². The van der Waals surface area contributed by atoms with Crippen LogP contribution in [0.4, 0.5) is 5.69 Å². The molecule has 0 saturated heterocycles. The van der Waals surface area contributed by atoms with Gasteiger partial charge >= 0.3 is 0 Å². The van der Waals surface area contributed by atoms with Gasteiger partial charge in [0.25, 0.3) is 0 Å². The fourth-order valence-corrected chi connectivity index (χ4v) is 4.80. The van der Waals surface area contributed by atoms with Crippen LogP contribution in [0.1, 0.15) is 49.6 Å². The number of carbonyl (C=O) groups is 1. The molecule has 0 radical (unpaired) electrons. The van der Waals surface area contributed by atoms with Crippen molar-refractivity contribution in [2.75, 3.05) is 5.32 Å². The highest BCUT2D eigenvalue weighted by Crippen LogP contribution is 2.64. The van der Waals surface area contributed by atoms with Crippen molar-refractivity contribution in [2.45, 2.75) is 43.9 Å². The van der Waals surface area contributed by atoms with Crippen LogP contribution in [0.15, 0.2) is 18.2 Å². The fraction of sp³-hybridized carbons (Fsp3) is 0.588. The molecule has 1 aromatic rings. The molecule has 1 aliphatic heterocycles. The Hall–Kier alpha value is -1.02. The summed E-state index contributed by atoms with van der Waals surface area (Å²) < 4.78 is 0. The molecule has 1 N–H and O–H groups in total. The van der Waals surface area contributed by atoms with Crippen molar-refractivity contribution in [1.29, 1.82) is 0 Å². The van der Waals surface area contributed by atoms with Gasteiger partial charge in [-0.3, -0.25) is 4.79 Å². The Kier molecular flexibility index (Phi) is 2.54. The van der Waals surface area contributed by atoms with Crippen molar-refractivity contribution >= 4 is 23.2 Å². The van der Waals surface area contributed by atoms with Crippen LogP contribution in [0.25, 0.3) is 0 Å². The summed E-state index contributed by atoms with van der Waals surface area (Å²) in [5.74, 6) is 2.47. The van der Waals surface area contributed by atoms with Crippen molar-refractivity contribution in [3.05, 3.63) is 29.3 Å². The van der Waals surface area contributed by atoms with Crippen LogP contribution in [0.2, 0.25) is 0 Å². The zero-order valence-electron chi connectivity index (χ0n) is 11.9. The molecule has 1 aromatic carbocycles. The first kappa shape index (κ1) is 12.7. The molecule has 0 bridgehead atoms. The Labute approximate surface area is 124 Å². The molecule has 106 valence electrons. The number of rotatable bonds is 2. The van der Waals surface area contributed by atoms with Crippen LogP contribution in [-0.4, -0.2) is 5.91 Å². The number of amides is 1. The van der Waals surface area contributed by atoms with Gasteiger partial charge in [-0.25, -0.2) is 0 Å². The van der Waals surface area contributed by atoms with Crippen LogP contribution in [0, 0.1) is 17.8 Å². The third-order valence-corrected chi connectivity index (χ3v) is 6.20. The first-order valence-corrected chi connectivity index (χ1v) is 8.04. The van der Waals surface area contributed by atoms with E-state index in [0.29, 0.717) is 5.92 Å². The normalized spacial score (nSPS) is 34.4. The minimum atomic E-state index is -0.443. The van der Waals surface area contributed by atoms with E-state index < -0.39 is 5.41 Å². The second-order valence-electron chi connectivity index (χ2n) is 7.12.